The van der Waals surface area contributed by atoms with Crippen molar-refractivity contribution in [3.8, 4) is 11.4 Å². The quantitative estimate of drug-likeness (QED) is 0.641. The summed E-state index contributed by atoms with van der Waals surface area (Å²) < 4.78 is 0. The second-order valence-corrected chi connectivity index (χ2v) is 1.99. The van der Waals surface area contributed by atoms with E-state index in [9.17, 15) is 0 Å². The first-order chi connectivity index (χ1) is 5.47. The summed E-state index contributed by atoms with van der Waals surface area (Å²) in [5, 5.41) is 7.21. The summed E-state index contributed by atoms with van der Waals surface area (Å²) in [4.78, 5) is 6.98. The number of nitrogens with zero attached hydrogens (tertiary/aromatic N) is 3. The van der Waals surface area contributed by atoms with E-state index >= 15 is 0 Å². The van der Waals surface area contributed by atoms with Gasteiger partial charge >= 0.3 is 0 Å². The topological polar surface area (TPSA) is 54.5 Å². The van der Waals surface area contributed by atoms with E-state index in [1.165, 1.54) is 0 Å². The van der Waals surface area contributed by atoms with Crippen LogP contribution in [0.25, 0.3) is 11.4 Å². The molecule has 0 aliphatic carbocycles. The van der Waals surface area contributed by atoms with Gasteiger partial charge in [0.2, 0.25) is 0 Å². The largest absolute Gasteiger partial charge is 0.345 e. The fourth-order valence-electron chi connectivity index (χ4n) is 0.806. The van der Waals surface area contributed by atoms with Crippen molar-refractivity contribution in [3.63, 3.8) is 0 Å². The minimum Gasteiger partial charge on any atom is -0.345 e. The van der Waals surface area contributed by atoms with Crippen molar-refractivity contribution in [1.29, 1.82) is 0 Å². The maximum absolute atomic E-state index is 4.03. The van der Waals surface area contributed by atoms with Crippen molar-refractivity contribution >= 4 is 0 Å². The minimum absolute atomic E-state index is 0.764. The predicted molar refractivity (Wildman–Crippen MR) is 38.4 cm³/mol. The highest BCUT2D eigenvalue weighted by atomic mass is 15.1. The molecule has 2 heterocycles. The van der Waals surface area contributed by atoms with Crippen LogP contribution >= 0.6 is 0 Å². The fraction of sp³-hybridized carbons (Fsp3) is 0. The zero-order valence-electron chi connectivity index (χ0n) is 5.65. The van der Waals surface area contributed by atoms with Crippen LogP contribution in [0.2, 0.25) is 0 Å². The second-order valence-electron chi connectivity index (χ2n) is 1.99. The summed E-state index contributed by atoms with van der Waals surface area (Å²) in [5.74, 6) is 0.764. The molecule has 4 nitrogen and oxygen atoms in total. The smallest absolute Gasteiger partial charge is 0.139 e. The van der Waals surface area contributed by atoms with Gasteiger partial charge in [0.1, 0.15) is 12.0 Å². The van der Waals surface area contributed by atoms with Crippen LogP contribution in [0.1, 0.15) is 0 Å². The van der Waals surface area contributed by atoms with Gasteiger partial charge in [0.25, 0.3) is 0 Å². The number of rotatable bonds is 1. The second kappa shape index (κ2) is 2.49. The Morgan fingerprint density at radius 1 is 1.36 bits per heavy atom. The third-order valence-corrected chi connectivity index (χ3v) is 1.29. The van der Waals surface area contributed by atoms with E-state index in [2.05, 4.69) is 26.4 Å². The molecule has 0 aromatic carbocycles. The van der Waals surface area contributed by atoms with Gasteiger partial charge in [-0.25, -0.2) is 4.98 Å². The summed E-state index contributed by atoms with van der Waals surface area (Å²) in [6, 6.07) is 1.80. The third kappa shape index (κ3) is 1.10. The molecule has 2 aromatic rings. The fourth-order valence-corrected chi connectivity index (χ4v) is 0.806. The first-order valence-electron chi connectivity index (χ1n) is 3.16. The summed E-state index contributed by atoms with van der Waals surface area (Å²) in [5.41, 5.74) is 0.824. The van der Waals surface area contributed by atoms with E-state index in [1.54, 1.807) is 24.7 Å². The van der Waals surface area contributed by atoms with E-state index in [0.29, 0.717) is 0 Å². The van der Waals surface area contributed by atoms with Crippen molar-refractivity contribution in [2.75, 3.05) is 0 Å². The molecule has 0 spiro atoms. The Morgan fingerprint density at radius 3 is 3.00 bits per heavy atom. The molecule has 0 fully saturated rings. The van der Waals surface area contributed by atoms with Crippen LogP contribution in [-0.4, -0.2) is 20.2 Å². The van der Waals surface area contributed by atoms with Crippen LogP contribution in [0, 0.1) is 6.20 Å². The van der Waals surface area contributed by atoms with Crippen LogP contribution < -0.4 is 0 Å². The lowest BCUT2D eigenvalue weighted by atomic mass is 10.3. The number of aromatic amines is 1. The molecule has 0 bridgehead atoms. The average molecular weight is 145 g/mol. The van der Waals surface area contributed by atoms with Gasteiger partial charge in [-0.3, -0.25) is 0 Å². The van der Waals surface area contributed by atoms with Gasteiger partial charge in [-0.2, -0.15) is 5.10 Å². The molecule has 0 unspecified atom stereocenters. The maximum atomic E-state index is 4.03. The van der Waals surface area contributed by atoms with Crippen LogP contribution in [-0.2, 0) is 0 Å². The molecule has 53 valence electrons. The van der Waals surface area contributed by atoms with E-state index < -0.39 is 0 Å². The lowest BCUT2D eigenvalue weighted by molar-refractivity contribution is 1.02. The average Bonchev–Trinajstić information content (AvgIpc) is 2.58. The van der Waals surface area contributed by atoms with Gasteiger partial charge in [0.15, 0.2) is 0 Å². The molecule has 0 saturated carbocycles. The molecule has 11 heavy (non-hydrogen) atoms. The molecule has 0 aliphatic heterocycles. The Bertz CT molecular complexity index is 313. The molecule has 0 amide bonds. The van der Waals surface area contributed by atoms with Crippen molar-refractivity contribution in [2.24, 2.45) is 0 Å². The van der Waals surface area contributed by atoms with E-state index in [4.69, 9.17) is 0 Å². The Morgan fingerprint density at radius 2 is 2.36 bits per heavy atom. The zero-order valence-corrected chi connectivity index (χ0v) is 5.65. The van der Waals surface area contributed by atoms with Crippen molar-refractivity contribution < 1.29 is 0 Å². The molecule has 2 aromatic heterocycles. The highest BCUT2D eigenvalue weighted by Gasteiger charge is 1.97. The number of hydrogen-bond acceptors (Lipinski definition) is 3. The summed E-state index contributed by atoms with van der Waals surface area (Å²) >= 11 is 0. The van der Waals surface area contributed by atoms with Crippen LogP contribution in [0.15, 0.2) is 24.7 Å². The molecule has 0 saturated heterocycles. The summed E-state index contributed by atoms with van der Waals surface area (Å²) in [7, 11) is 0. The number of imidazole rings is 1. The molecule has 1 radical (unpaired) electrons. The number of aromatic nitrogens is 4. The van der Waals surface area contributed by atoms with Gasteiger partial charge < -0.3 is 4.98 Å². The highest BCUT2D eigenvalue weighted by Crippen LogP contribution is 2.08. The van der Waals surface area contributed by atoms with Gasteiger partial charge in [-0.1, -0.05) is 0 Å². The molecular weight excluding hydrogens is 140 g/mol. The summed E-state index contributed by atoms with van der Waals surface area (Å²) in [6.45, 7) is 0. The van der Waals surface area contributed by atoms with Crippen molar-refractivity contribution in [1.82, 2.24) is 20.2 Å². The van der Waals surface area contributed by atoms with E-state index in [0.717, 1.165) is 11.4 Å². The van der Waals surface area contributed by atoms with Crippen molar-refractivity contribution in [3.05, 3.63) is 30.9 Å². The van der Waals surface area contributed by atoms with Gasteiger partial charge in [-0.05, 0) is 6.07 Å². The molecule has 1 N–H and O–H groups in total. The van der Waals surface area contributed by atoms with Gasteiger partial charge in [0, 0.05) is 18.0 Å². The number of H-pyrrole nitrogens is 1. The first-order valence-corrected chi connectivity index (χ1v) is 3.16. The Hall–Kier alpha value is -1.71. The van der Waals surface area contributed by atoms with E-state index in [-0.39, 0.29) is 0 Å². The Balaban J connectivity index is 2.46. The molecule has 0 atom stereocenters. The molecular formula is C7H5N4. The summed E-state index contributed by atoms with van der Waals surface area (Å²) in [6.07, 6.45) is 7.76. The van der Waals surface area contributed by atoms with E-state index in [1.807, 2.05) is 0 Å². The van der Waals surface area contributed by atoms with Gasteiger partial charge in [0.05, 0.1) is 6.20 Å². The number of nitrogens with one attached hydrogen (secondary N) is 1. The molecule has 0 aliphatic rings. The Labute approximate surface area is 63.3 Å². The monoisotopic (exact) mass is 145 g/mol. The first kappa shape index (κ1) is 6.03. The lowest BCUT2D eigenvalue weighted by Crippen LogP contribution is -1.83. The lowest BCUT2D eigenvalue weighted by Gasteiger charge is -1.90. The minimum atomic E-state index is 0.764. The maximum Gasteiger partial charge on any atom is 0.139 e. The molecule has 2 rings (SSSR count). The van der Waals surface area contributed by atoms with Gasteiger partial charge in [-0.15, -0.1) is 5.10 Å². The van der Waals surface area contributed by atoms with Crippen molar-refractivity contribution in [2.45, 2.75) is 0 Å². The van der Waals surface area contributed by atoms with Crippen LogP contribution in [0.4, 0.5) is 0 Å². The number of hydrogen-bond donors (Lipinski definition) is 1. The third-order valence-electron chi connectivity index (χ3n) is 1.29. The standard InChI is InChI=1S/C7H5N4/c1-2-10-11-5-6(1)7-8-3-4-9-7/h1-4H,(H,8,9). The zero-order chi connectivity index (χ0) is 7.52. The van der Waals surface area contributed by atoms with Crippen LogP contribution in [0.3, 0.4) is 0 Å². The normalized spacial score (nSPS) is 9.82. The Kier molecular flexibility index (Phi) is 1.37. The highest BCUT2D eigenvalue weighted by molar-refractivity contribution is 5.50. The predicted octanol–water partition coefficient (Wildman–Crippen LogP) is 0.667. The SMILES string of the molecule is [c]1nnccc1-c1ncc[nH]1. The van der Waals surface area contributed by atoms with Crippen LogP contribution in [0.5, 0.6) is 0 Å². The molecule has 4 heteroatoms.